The third-order valence-electron chi connectivity index (χ3n) is 6.09. The molecule has 9 nitrogen and oxygen atoms in total. The van der Waals surface area contributed by atoms with Gasteiger partial charge in [0.2, 0.25) is 11.9 Å². The Labute approximate surface area is 186 Å². The van der Waals surface area contributed by atoms with Crippen LogP contribution in [0.2, 0.25) is 0 Å². The lowest BCUT2D eigenvalue weighted by Crippen LogP contribution is -2.48. The molecule has 4 heterocycles. The molecule has 1 amide bonds. The van der Waals surface area contributed by atoms with Crippen LogP contribution in [0.1, 0.15) is 31.0 Å². The van der Waals surface area contributed by atoms with Gasteiger partial charge in [0.1, 0.15) is 12.1 Å². The number of hydrogen-bond acceptors (Lipinski definition) is 7. The second-order valence-electron chi connectivity index (χ2n) is 8.21. The van der Waals surface area contributed by atoms with Crippen molar-refractivity contribution in [1.29, 1.82) is 0 Å². The highest BCUT2D eigenvalue weighted by Crippen LogP contribution is 2.32. The number of piperazine rings is 1. The smallest absolute Gasteiger partial charge is 0.227 e. The largest absolute Gasteiger partial charge is 0.353 e. The Morgan fingerprint density at radius 1 is 1.12 bits per heavy atom. The van der Waals surface area contributed by atoms with Gasteiger partial charge in [-0.2, -0.15) is 9.61 Å². The molecule has 1 fully saturated rings. The highest BCUT2D eigenvalue weighted by molar-refractivity contribution is 5.85. The highest BCUT2D eigenvalue weighted by atomic mass is 16.2. The molecule has 1 aliphatic rings. The molecule has 0 bridgehead atoms. The number of pyridine rings is 1. The van der Waals surface area contributed by atoms with Gasteiger partial charge in [0.15, 0.2) is 5.65 Å². The van der Waals surface area contributed by atoms with Crippen molar-refractivity contribution in [3.05, 3.63) is 54.0 Å². The van der Waals surface area contributed by atoms with Gasteiger partial charge in [0, 0.05) is 50.1 Å². The summed E-state index contributed by atoms with van der Waals surface area (Å²) in [5.41, 5.74) is 3.97. The number of aromatic nitrogens is 5. The van der Waals surface area contributed by atoms with Crippen LogP contribution in [0.25, 0.3) is 16.6 Å². The van der Waals surface area contributed by atoms with Crippen molar-refractivity contribution >= 4 is 34.2 Å². The number of carbonyl (C=O) groups is 1. The number of rotatable bonds is 4. The molecule has 9 heteroatoms. The van der Waals surface area contributed by atoms with Gasteiger partial charge in [-0.1, -0.05) is 18.2 Å². The van der Waals surface area contributed by atoms with E-state index in [1.54, 1.807) is 17.6 Å². The average molecular weight is 431 g/mol. The maximum atomic E-state index is 11.8. The predicted octanol–water partition coefficient (Wildman–Crippen LogP) is 2.82. The van der Waals surface area contributed by atoms with E-state index in [4.69, 9.17) is 4.98 Å². The molecule has 0 aliphatic carbocycles. The summed E-state index contributed by atoms with van der Waals surface area (Å²) in [6, 6.07) is 10.2. The number of carbonyl (C=O) groups excluding carboxylic acids is 1. The van der Waals surface area contributed by atoms with Gasteiger partial charge in [-0.15, -0.1) is 0 Å². The van der Waals surface area contributed by atoms with E-state index in [0.29, 0.717) is 19.0 Å². The summed E-state index contributed by atoms with van der Waals surface area (Å²) in [5.74, 6) is 1.69. The van der Waals surface area contributed by atoms with Gasteiger partial charge in [0.25, 0.3) is 0 Å². The third kappa shape index (κ3) is 3.59. The third-order valence-corrected chi connectivity index (χ3v) is 6.09. The number of fused-ring (bicyclic) bond motifs is 2. The van der Waals surface area contributed by atoms with Crippen molar-refractivity contribution in [2.24, 2.45) is 0 Å². The Balaban J connectivity index is 1.54. The molecular formula is C23H26N8O. The summed E-state index contributed by atoms with van der Waals surface area (Å²) < 4.78 is 1.69. The number of nitrogens with one attached hydrogen (secondary N) is 1. The number of benzene rings is 1. The van der Waals surface area contributed by atoms with Crippen LogP contribution in [0.4, 0.5) is 11.8 Å². The molecule has 5 rings (SSSR count). The van der Waals surface area contributed by atoms with Crippen LogP contribution in [-0.4, -0.2) is 61.6 Å². The van der Waals surface area contributed by atoms with Crippen molar-refractivity contribution < 1.29 is 4.79 Å². The van der Waals surface area contributed by atoms with Crippen LogP contribution in [0.15, 0.2) is 42.9 Å². The standard InChI is InChI=1S/C23H26N8O/c1-15-5-4-6-18-13-19(16(2)27-23-25-14-24-20-7-8-26-31(20)23)22(28-21(15)18)30-11-9-29(10-12-30)17(3)32/h4-8,13-14,16H,9-12H2,1-3H3,(H,24,25,27)/t16-/m0/s1. The number of anilines is 2. The zero-order chi connectivity index (χ0) is 22.2. The van der Waals surface area contributed by atoms with E-state index < -0.39 is 0 Å². The maximum Gasteiger partial charge on any atom is 0.227 e. The Kier molecular flexibility index (Phi) is 5.08. The van der Waals surface area contributed by atoms with Crippen molar-refractivity contribution in [3.63, 3.8) is 0 Å². The van der Waals surface area contributed by atoms with Gasteiger partial charge in [-0.05, 0) is 25.5 Å². The van der Waals surface area contributed by atoms with Crippen LogP contribution in [0.3, 0.4) is 0 Å². The number of para-hydroxylation sites is 1. The molecule has 1 aliphatic heterocycles. The van der Waals surface area contributed by atoms with Crippen molar-refractivity contribution in [3.8, 4) is 0 Å². The summed E-state index contributed by atoms with van der Waals surface area (Å²) in [6.07, 6.45) is 3.25. The predicted molar refractivity (Wildman–Crippen MR) is 124 cm³/mol. The minimum Gasteiger partial charge on any atom is -0.353 e. The van der Waals surface area contributed by atoms with Gasteiger partial charge < -0.3 is 15.1 Å². The maximum absolute atomic E-state index is 11.8. The molecule has 0 radical (unpaired) electrons. The summed E-state index contributed by atoms with van der Waals surface area (Å²) in [5, 5.41) is 8.92. The molecule has 0 spiro atoms. The lowest BCUT2D eigenvalue weighted by molar-refractivity contribution is -0.129. The van der Waals surface area contributed by atoms with E-state index >= 15 is 0 Å². The first kappa shape index (κ1) is 20.2. The SMILES string of the molecule is CC(=O)N1CCN(c2nc3c(C)cccc3cc2[C@H](C)Nc2ncnc3ccnn23)CC1. The van der Waals surface area contributed by atoms with Crippen LogP contribution in [0.5, 0.6) is 0 Å². The monoisotopic (exact) mass is 430 g/mol. The van der Waals surface area contributed by atoms with E-state index in [-0.39, 0.29) is 11.9 Å². The van der Waals surface area contributed by atoms with Gasteiger partial charge in [-0.3, -0.25) is 4.79 Å². The summed E-state index contributed by atoms with van der Waals surface area (Å²) in [6.45, 7) is 8.71. The Hall–Kier alpha value is -3.75. The van der Waals surface area contributed by atoms with E-state index in [1.807, 2.05) is 11.0 Å². The minimum atomic E-state index is -0.0736. The van der Waals surface area contributed by atoms with E-state index in [0.717, 1.165) is 46.6 Å². The van der Waals surface area contributed by atoms with Crippen LogP contribution in [0, 0.1) is 6.92 Å². The molecule has 1 aromatic carbocycles. The molecule has 164 valence electrons. The van der Waals surface area contributed by atoms with Gasteiger partial charge in [-0.25, -0.2) is 15.0 Å². The minimum absolute atomic E-state index is 0.0736. The first-order valence-electron chi connectivity index (χ1n) is 10.8. The fourth-order valence-corrected chi connectivity index (χ4v) is 4.28. The fraction of sp³-hybridized carbons (Fsp3) is 0.348. The fourth-order valence-electron chi connectivity index (χ4n) is 4.28. The molecule has 1 N–H and O–H groups in total. The second kappa shape index (κ2) is 8.07. The lowest BCUT2D eigenvalue weighted by Gasteiger charge is -2.36. The first-order chi connectivity index (χ1) is 15.5. The molecule has 32 heavy (non-hydrogen) atoms. The molecule has 1 atom stereocenters. The summed E-state index contributed by atoms with van der Waals surface area (Å²) in [7, 11) is 0. The van der Waals surface area contributed by atoms with Gasteiger partial charge in [0.05, 0.1) is 17.8 Å². The molecule has 1 saturated heterocycles. The number of amides is 1. The second-order valence-corrected chi connectivity index (χ2v) is 8.21. The first-order valence-corrected chi connectivity index (χ1v) is 10.8. The van der Waals surface area contributed by atoms with Crippen LogP contribution < -0.4 is 10.2 Å². The van der Waals surface area contributed by atoms with Crippen molar-refractivity contribution in [1.82, 2.24) is 29.5 Å². The topological polar surface area (TPSA) is 91.5 Å². The number of aryl methyl sites for hydroxylation is 1. The zero-order valence-electron chi connectivity index (χ0n) is 18.5. The van der Waals surface area contributed by atoms with Crippen molar-refractivity contribution in [2.45, 2.75) is 26.8 Å². The summed E-state index contributed by atoms with van der Waals surface area (Å²) >= 11 is 0. The number of nitrogens with zero attached hydrogens (tertiary/aromatic N) is 7. The normalized spacial score (nSPS) is 15.3. The Bertz CT molecular complexity index is 1290. The lowest BCUT2D eigenvalue weighted by atomic mass is 10.0. The van der Waals surface area contributed by atoms with Gasteiger partial charge >= 0.3 is 0 Å². The zero-order valence-corrected chi connectivity index (χ0v) is 18.5. The molecule has 0 saturated carbocycles. The molecule has 0 unspecified atom stereocenters. The van der Waals surface area contributed by atoms with Crippen LogP contribution >= 0.6 is 0 Å². The molecule has 4 aromatic rings. The van der Waals surface area contributed by atoms with Crippen LogP contribution in [-0.2, 0) is 4.79 Å². The van der Waals surface area contributed by atoms with E-state index in [1.165, 1.54) is 6.33 Å². The Morgan fingerprint density at radius 3 is 2.72 bits per heavy atom. The van der Waals surface area contributed by atoms with E-state index in [9.17, 15) is 4.79 Å². The summed E-state index contributed by atoms with van der Waals surface area (Å²) in [4.78, 5) is 29.7. The quantitative estimate of drug-likeness (QED) is 0.532. The average Bonchev–Trinajstić information content (AvgIpc) is 3.29. The number of hydrogen-bond donors (Lipinski definition) is 1. The highest BCUT2D eigenvalue weighted by Gasteiger charge is 2.24. The molecular weight excluding hydrogens is 404 g/mol. The van der Waals surface area contributed by atoms with E-state index in [2.05, 4.69) is 63.4 Å². The molecule has 3 aromatic heterocycles. The Morgan fingerprint density at radius 2 is 1.94 bits per heavy atom. The van der Waals surface area contributed by atoms with Crippen molar-refractivity contribution in [2.75, 3.05) is 36.4 Å².